The minimum atomic E-state index is 0.501. The topological polar surface area (TPSA) is 106 Å². The molecule has 0 aliphatic carbocycles. The Balaban J connectivity index is 1.21. The van der Waals surface area contributed by atoms with Crippen molar-refractivity contribution in [1.82, 2.24) is 34.8 Å². The highest BCUT2D eigenvalue weighted by Gasteiger charge is 2.13. The first-order chi connectivity index (χ1) is 17.2. The summed E-state index contributed by atoms with van der Waals surface area (Å²) in [6.45, 7) is 5.79. The molecule has 6 rings (SSSR count). The third-order valence-corrected chi connectivity index (χ3v) is 6.32. The number of nitrogen functional groups attached to an aromatic ring is 1. The lowest BCUT2D eigenvalue weighted by Crippen LogP contribution is -2.44. The Morgan fingerprint density at radius 1 is 0.943 bits per heavy atom. The van der Waals surface area contributed by atoms with E-state index in [2.05, 4.69) is 31.3 Å². The summed E-state index contributed by atoms with van der Waals surface area (Å²) in [5.74, 6) is 1.27. The van der Waals surface area contributed by atoms with E-state index in [1.54, 1.807) is 10.7 Å². The number of pyridine rings is 2. The van der Waals surface area contributed by atoms with Gasteiger partial charge in [-0.2, -0.15) is 5.10 Å². The first kappa shape index (κ1) is 21.5. The van der Waals surface area contributed by atoms with Crippen LogP contribution in [0.25, 0.3) is 38.9 Å². The smallest absolute Gasteiger partial charge is 0.162 e. The van der Waals surface area contributed by atoms with E-state index in [4.69, 9.17) is 15.5 Å². The first-order valence-corrected chi connectivity index (χ1v) is 11.8. The van der Waals surface area contributed by atoms with Crippen LogP contribution in [0.3, 0.4) is 0 Å². The fraction of sp³-hybridized carbons (Fsp3) is 0.231. The van der Waals surface area contributed by atoms with Gasteiger partial charge in [0.2, 0.25) is 0 Å². The molecule has 9 nitrogen and oxygen atoms in total. The van der Waals surface area contributed by atoms with Crippen molar-refractivity contribution in [2.45, 2.75) is 0 Å². The van der Waals surface area contributed by atoms with Gasteiger partial charge in [-0.15, -0.1) is 0 Å². The molecule has 0 saturated carbocycles. The van der Waals surface area contributed by atoms with Crippen molar-refractivity contribution in [1.29, 1.82) is 0 Å². The maximum atomic E-state index is 5.89. The van der Waals surface area contributed by atoms with Crippen LogP contribution in [0.4, 0.5) is 5.82 Å². The molecule has 3 N–H and O–H groups in total. The predicted molar refractivity (Wildman–Crippen MR) is 136 cm³/mol. The second-order valence-electron chi connectivity index (χ2n) is 8.60. The van der Waals surface area contributed by atoms with Crippen molar-refractivity contribution < 1.29 is 4.74 Å². The zero-order valence-corrected chi connectivity index (χ0v) is 19.3. The number of anilines is 1. The van der Waals surface area contributed by atoms with Crippen LogP contribution in [0.5, 0.6) is 5.75 Å². The number of nitrogens with zero attached hydrogens (tertiary/aromatic N) is 6. The van der Waals surface area contributed by atoms with Gasteiger partial charge in [0.25, 0.3) is 0 Å². The average Bonchev–Trinajstić information content (AvgIpc) is 3.32. The van der Waals surface area contributed by atoms with Crippen molar-refractivity contribution in [3.63, 3.8) is 0 Å². The molecule has 1 aliphatic rings. The minimum Gasteiger partial charge on any atom is -0.491 e. The van der Waals surface area contributed by atoms with E-state index in [1.807, 2.05) is 55.0 Å². The fourth-order valence-corrected chi connectivity index (χ4v) is 4.47. The van der Waals surface area contributed by atoms with Crippen LogP contribution in [0.15, 0.2) is 67.3 Å². The zero-order valence-electron chi connectivity index (χ0n) is 19.3. The lowest BCUT2D eigenvalue weighted by Gasteiger charge is -2.26. The van der Waals surface area contributed by atoms with E-state index in [9.17, 15) is 0 Å². The Morgan fingerprint density at radius 2 is 1.86 bits per heavy atom. The summed E-state index contributed by atoms with van der Waals surface area (Å²) in [4.78, 5) is 16.1. The van der Waals surface area contributed by atoms with Crippen molar-refractivity contribution in [2.75, 3.05) is 45.1 Å². The molecule has 1 aliphatic heterocycles. The number of fused-ring (bicyclic) bond motifs is 2. The molecule has 0 amide bonds. The van der Waals surface area contributed by atoms with E-state index in [-0.39, 0.29) is 0 Å². The molecule has 4 aromatic heterocycles. The third kappa shape index (κ3) is 4.39. The molecule has 5 aromatic rings. The van der Waals surface area contributed by atoms with Crippen LogP contribution in [-0.4, -0.2) is 68.8 Å². The summed E-state index contributed by atoms with van der Waals surface area (Å²) in [6, 6.07) is 13.7. The number of rotatable bonds is 6. The van der Waals surface area contributed by atoms with Crippen LogP contribution >= 0.6 is 0 Å². The number of nitrogens with two attached hydrogens (primary N) is 1. The molecule has 0 unspecified atom stereocenters. The van der Waals surface area contributed by atoms with Gasteiger partial charge in [0, 0.05) is 61.6 Å². The largest absolute Gasteiger partial charge is 0.491 e. The maximum Gasteiger partial charge on any atom is 0.162 e. The van der Waals surface area contributed by atoms with E-state index in [0.717, 1.165) is 77.4 Å². The molecule has 0 atom stereocenters. The molecule has 1 saturated heterocycles. The highest BCUT2D eigenvalue weighted by Crippen LogP contribution is 2.31. The molecule has 35 heavy (non-hydrogen) atoms. The molecule has 1 fully saturated rings. The molecular weight excluding hydrogens is 440 g/mol. The van der Waals surface area contributed by atoms with Gasteiger partial charge in [0.1, 0.15) is 18.2 Å². The Hall–Kier alpha value is -4.08. The van der Waals surface area contributed by atoms with Gasteiger partial charge in [0.15, 0.2) is 5.65 Å². The molecule has 0 radical (unpaired) electrons. The lowest BCUT2D eigenvalue weighted by atomic mass is 10.0. The average molecular weight is 467 g/mol. The van der Waals surface area contributed by atoms with Gasteiger partial charge in [-0.25, -0.2) is 14.5 Å². The van der Waals surface area contributed by atoms with Gasteiger partial charge < -0.3 is 15.8 Å². The summed E-state index contributed by atoms with van der Waals surface area (Å²) >= 11 is 0. The molecule has 1 aromatic carbocycles. The number of hydrogen-bond acceptors (Lipinski definition) is 8. The summed E-state index contributed by atoms with van der Waals surface area (Å²) in [6.07, 6.45) is 7.37. The molecule has 9 heteroatoms. The van der Waals surface area contributed by atoms with E-state index >= 15 is 0 Å². The van der Waals surface area contributed by atoms with E-state index in [0.29, 0.717) is 12.4 Å². The monoisotopic (exact) mass is 466 g/mol. The van der Waals surface area contributed by atoms with Crippen LogP contribution in [0.1, 0.15) is 0 Å². The number of nitrogens with one attached hydrogen (secondary N) is 1. The van der Waals surface area contributed by atoms with Gasteiger partial charge in [-0.3, -0.25) is 9.88 Å². The standard InChI is InChI=1S/C26H26N8O/c27-25-7-5-21-20(2-1-3-24(21)32-25)22-16-31-34-17-18(14-30-26(22)34)23-6-4-19(15-29-23)35-13-12-33-10-8-28-9-11-33/h1-7,14-17,28H,8-13H2,(H2,27,32). The minimum absolute atomic E-state index is 0.501. The normalized spacial score (nSPS) is 14.5. The first-order valence-electron chi connectivity index (χ1n) is 11.8. The number of hydrogen-bond donors (Lipinski definition) is 2. The van der Waals surface area contributed by atoms with Crippen LogP contribution < -0.4 is 15.8 Å². The lowest BCUT2D eigenvalue weighted by molar-refractivity contribution is 0.191. The summed E-state index contributed by atoms with van der Waals surface area (Å²) < 4.78 is 7.68. The van der Waals surface area contributed by atoms with E-state index < -0.39 is 0 Å². The van der Waals surface area contributed by atoms with Gasteiger partial charge in [-0.05, 0) is 35.9 Å². The van der Waals surface area contributed by atoms with Crippen LogP contribution in [0, 0.1) is 0 Å². The zero-order chi connectivity index (χ0) is 23.6. The molecule has 5 heterocycles. The number of piperazine rings is 1. The maximum absolute atomic E-state index is 5.89. The Morgan fingerprint density at radius 3 is 2.71 bits per heavy atom. The van der Waals surface area contributed by atoms with Gasteiger partial charge >= 0.3 is 0 Å². The number of ether oxygens (including phenoxy) is 1. The summed E-state index contributed by atoms with van der Waals surface area (Å²) in [5.41, 5.74) is 11.1. The second-order valence-corrected chi connectivity index (χ2v) is 8.60. The van der Waals surface area contributed by atoms with Crippen molar-refractivity contribution >= 4 is 22.4 Å². The Labute approximate surface area is 202 Å². The second kappa shape index (κ2) is 9.28. The summed E-state index contributed by atoms with van der Waals surface area (Å²) in [7, 11) is 0. The van der Waals surface area contributed by atoms with Gasteiger partial charge in [-0.1, -0.05) is 12.1 Å². The molecular formula is C26H26N8O. The van der Waals surface area contributed by atoms with Crippen molar-refractivity contribution in [3.05, 3.63) is 67.3 Å². The quantitative estimate of drug-likeness (QED) is 0.394. The fourth-order valence-electron chi connectivity index (χ4n) is 4.47. The van der Waals surface area contributed by atoms with E-state index in [1.165, 1.54) is 0 Å². The number of aromatic nitrogens is 5. The van der Waals surface area contributed by atoms with Gasteiger partial charge in [0.05, 0.1) is 23.6 Å². The predicted octanol–water partition coefficient (Wildman–Crippen LogP) is 2.87. The van der Waals surface area contributed by atoms with Crippen molar-refractivity contribution in [3.8, 4) is 28.1 Å². The highest BCUT2D eigenvalue weighted by molar-refractivity contribution is 5.98. The Bertz CT molecular complexity index is 1470. The van der Waals surface area contributed by atoms with Crippen molar-refractivity contribution in [2.24, 2.45) is 0 Å². The summed E-state index contributed by atoms with van der Waals surface area (Å²) in [5, 5.41) is 8.93. The van der Waals surface area contributed by atoms with Crippen LogP contribution in [-0.2, 0) is 0 Å². The number of benzene rings is 1. The molecule has 0 spiro atoms. The third-order valence-electron chi connectivity index (χ3n) is 6.32. The molecule has 176 valence electrons. The Kier molecular flexibility index (Phi) is 5.69. The van der Waals surface area contributed by atoms with Crippen LogP contribution in [0.2, 0.25) is 0 Å². The highest BCUT2D eigenvalue weighted by atomic mass is 16.5. The molecule has 0 bridgehead atoms. The SMILES string of the molecule is Nc1ccc2c(-c3cnn4cc(-c5ccc(OCCN6CCNCC6)cn5)cnc34)cccc2n1.